The quantitative estimate of drug-likeness (QED) is 0.448. The fourth-order valence-electron chi connectivity index (χ4n) is 3.19. The van der Waals surface area contributed by atoms with Gasteiger partial charge in [-0.3, -0.25) is 4.98 Å². The van der Waals surface area contributed by atoms with Crippen molar-refractivity contribution in [1.29, 1.82) is 0 Å². The van der Waals surface area contributed by atoms with Gasteiger partial charge in [0, 0.05) is 34.7 Å². The highest BCUT2D eigenvalue weighted by Gasteiger charge is 2.22. The van der Waals surface area contributed by atoms with Crippen molar-refractivity contribution in [2.75, 3.05) is 7.11 Å². The summed E-state index contributed by atoms with van der Waals surface area (Å²) in [6.07, 6.45) is 4.67. The second kappa shape index (κ2) is 9.05. The molecule has 0 bridgehead atoms. The van der Waals surface area contributed by atoms with E-state index in [2.05, 4.69) is 14.8 Å². The number of carbonyl (C=O) groups excluding carboxylic acids is 1. The van der Waals surface area contributed by atoms with Crippen molar-refractivity contribution in [3.8, 4) is 28.1 Å². The minimum absolute atomic E-state index is 0.0252. The summed E-state index contributed by atoms with van der Waals surface area (Å²) in [7, 11) is -2.57. The molecule has 1 amide bonds. The van der Waals surface area contributed by atoms with Crippen LogP contribution in [-0.4, -0.2) is 36.3 Å². The van der Waals surface area contributed by atoms with E-state index in [-0.39, 0.29) is 4.90 Å². The molecule has 2 aromatic carbocycles. The minimum Gasteiger partial charge on any atom is -0.497 e. The largest absolute Gasteiger partial charge is 0.497 e. The van der Waals surface area contributed by atoms with Gasteiger partial charge in [-0.25, -0.2) is 17.9 Å². The highest BCUT2D eigenvalue weighted by atomic mass is 35.5. The van der Waals surface area contributed by atoms with Gasteiger partial charge >= 0.3 is 6.03 Å². The summed E-state index contributed by atoms with van der Waals surface area (Å²) in [6, 6.07) is 13.8. The smallest absolute Gasteiger partial charge is 0.355 e. The third-order valence-electron chi connectivity index (χ3n) is 4.85. The van der Waals surface area contributed by atoms with E-state index >= 15 is 0 Å². The molecule has 0 aliphatic heterocycles. The standard InChI is InChI=1S/C23H19ClN4O4S/c1-15-3-5-20(6-4-15)33(30,31)27-23(29)28-14-21(16-7-9-25-10-8-16)22(26-28)17-11-18(24)13-19(12-17)32-2/h3-14H,1-2H3,(H,27,29). The summed E-state index contributed by atoms with van der Waals surface area (Å²) in [6.45, 7) is 1.84. The Morgan fingerprint density at radius 1 is 1.03 bits per heavy atom. The zero-order valence-corrected chi connectivity index (χ0v) is 19.3. The van der Waals surface area contributed by atoms with Gasteiger partial charge in [-0.1, -0.05) is 29.3 Å². The van der Waals surface area contributed by atoms with Crippen LogP contribution in [0.15, 0.2) is 78.1 Å². The lowest BCUT2D eigenvalue weighted by molar-refractivity contribution is 0.244. The van der Waals surface area contributed by atoms with E-state index in [1.54, 1.807) is 54.9 Å². The molecule has 0 fully saturated rings. The molecule has 0 atom stereocenters. The number of rotatable bonds is 5. The molecule has 0 unspecified atom stereocenters. The molecule has 8 nitrogen and oxygen atoms in total. The number of ether oxygens (including phenoxy) is 1. The van der Waals surface area contributed by atoms with Gasteiger partial charge in [0.05, 0.1) is 12.0 Å². The first-order valence-corrected chi connectivity index (χ1v) is 11.6. The lowest BCUT2D eigenvalue weighted by Gasteiger charge is -2.07. The lowest BCUT2D eigenvalue weighted by atomic mass is 10.0. The van der Waals surface area contributed by atoms with E-state index in [4.69, 9.17) is 16.3 Å². The van der Waals surface area contributed by atoms with E-state index in [0.29, 0.717) is 27.6 Å². The first-order chi connectivity index (χ1) is 15.8. The molecule has 1 N–H and O–H groups in total. The summed E-state index contributed by atoms with van der Waals surface area (Å²) < 4.78 is 33.6. The SMILES string of the molecule is COc1cc(Cl)cc(-c2nn(C(=O)NS(=O)(=O)c3ccc(C)cc3)cc2-c2ccncc2)c1. The van der Waals surface area contributed by atoms with Crippen LogP contribution in [0.4, 0.5) is 4.79 Å². The van der Waals surface area contributed by atoms with E-state index < -0.39 is 16.1 Å². The zero-order valence-electron chi connectivity index (χ0n) is 17.7. The monoisotopic (exact) mass is 482 g/mol. The third-order valence-corrected chi connectivity index (χ3v) is 6.40. The molecule has 4 aromatic rings. The number of aryl methyl sites for hydroxylation is 1. The van der Waals surface area contributed by atoms with Gasteiger partial charge in [0.15, 0.2) is 0 Å². The van der Waals surface area contributed by atoms with Gasteiger partial charge in [0.2, 0.25) is 0 Å². The van der Waals surface area contributed by atoms with Crippen LogP contribution < -0.4 is 9.46 Å². The molecule has 4 rings (SSSR count). The van der Waals surface area contributed by atoms with Crippen molar-refractivity contribution >= 4 is 27.7 Å². The molecule has 10 heteroatoms. The first kappa shape index (κ1) is 22.5. The maximum absolute atomic E-state index is 12.9. The summed E-state index contributed by atoms with van der Waals surface area (Å²) in [5, 5.41) is 4.79. The van der Waals surface area contributed by atoms with E-state index in [1.807, 2.05) is 6.92 Å². The molecule has 168 valence electrons. The van der Waals surface area contributed by atoms with Crippen molar-refractivity contribution in [3.05, 3.63) is 83.8 Å². The number of aromatic nitrogens is 3. The van der Waals surface area contributed by atoms with Crippen LogP contribution >= 0.6 is 11.6 Å². The number of halogens is 1. The molecule has 0 spiro atoms. The second-order valence-corrected chi connectivity index (χ2v) is 9.29. The Labute approximate surface area is 195 Å². The van der Waals surface area contributed by atoms with Crippen LogP contribution in [0.1, 0.15) is 5.56 Å². The third kappa shape index (κ3) is 4.89. The van der Waals surface area contributed by atoms with Gasteiger partial charge < -0.3 is 4.74 Å². The lowest BCUT2D eigenvalue weighted by Crippen LogP contribution is -2.34. The summed E-state index contributed by atoms with van der Waals surface area (Å²) in [4.78, 5) is 16.9. The number of nitrogens with zero attached hydrogens (tertiary/aromatic N) is 3. The van der Waals surface area contributed by atoms with Crippen LogP contribution in [0.5, 0.6) is 5.75 Å². The van der Waals surface area contributed by atoms with Gasteiger partial charge in [-0.2, -0.15) is 9.78 Å². The van der Waals surface area contributed by atoms with Crippen LogP contribution in [0.2, 0.25) is 5.02 Å². The number of amides is 1. The van der Waals surface area contributed by atoms with Crippen LogP contribution in [-0.2, 0) is 10.0 Å². The normalized spacial score (nSPS) is 11.2. The van der Waals surface area contributed by atoms with Gasteiger partial charge in [-0.15, -0.1) is 0 Å². The average molecular weight is 483 g/mol. The predicted molar refractivity (Wildman–Crippen MR) is 125 cm³/mol. The van der Waals surface area contributed by atoms with Crippen molar-refractivity contribution in [1.82, 2.24) is 19.5 Å². The van der Waals surface area contributed by atoms with Crippen LogP contribution in [0, 0.1) is 6.92 Å². The maximum atomic E-state index is 12.9. The number of benzene rings is 2. The topological polar surface area (TPSA) is 103 Å². The molecule has 0 saturated carbocycles. The fourth-order valence-corrected chi connectivity index (χ4v) is 4.35. The van der Waals surface area contributed by atoms with E-state index in [1.165, 1.54) is 25.4 Å². The Balaban J connectivity index is 1.76. The number of nitrogens with one attached hydrogen (secondary N) is 1. The van der Waals surface area contributed by atoms with Crippen LogP contribution in [0.3, 0.4) is 0 Å². The fraction of sp³-hybridized carbons (Fsp3) is 0.0870. The Morgan fingerprint density at radius 3 is 2.39 bits per heavy atom. The van der Waals surface area contributed by atoms with Gasteiger partial charge in [0.25, 0.3) is 10.0 Å². The Hall–Kier alpha value is -3.69. The van der Waals surface area contributed by atoms with E-state index in [0.717, 1.165) is 15.8 Å². The maximum Gasteiger partial charge on any atom is 0.355 e. The number of methoxy groups -OCH3 is 1. The highest BCUT2D eigenvalue weighted by Crippen LogP contribution is 2.34. The minimum atomic E-state index is -4.09. The predicted octanol–water partition coefficient (Wildman–Crippen LogP) is 4.53. The molecule has 0 aliphatic carbocycles. The van der Waals surface area contributed by atoms with Gasteiger partial charge in [-0.05, 0) is 55.0 Å². The molecule has 0 saturated heterocycles. The highest BCUT2D eigenvalue weighted by molar-refractivity contribution is 7.90. The number of hydrogen-bond acceptors (Lipinski definition) is 6. The van der Waals surface area contributed by atoms with Crippen molar-refractivity contribution in [2.24, 2.45) is 0 Å². The number of carbonyl (C=O) groups is 1. The van der Waals surface area contributed by atoms with Crippen LogP contribution in [0.25, 0.3) is 22.4 Å². The first-order valence-electron chi connectivity index (χ1n) is 9.75. The molecule has 2 heterocycles. The van der Waals surface area contributed by atoms with Crippen molar-refractivity contribution < 1.29 is 17.9 Å². The van der Waals surface area contributed by atoms with Crippen molar-refractivity contribution in [2.45, 2.75) is 11.8 Å². The summed E-state index contributed by atoms with van der Waals surface area (Å²) >= 11 is 6.23. The summed E-state index contributed by atoms with van der Waals surface area (Å²) in [5.74, 6) is 0.513. The Bertz CT molecular complexity index is 1420. The number of sulfonamides is 1. The molecule has 0 aliphatic rings. The number of hydrogen-bond donors (Lipinski definition) is 1. The molecular weight excluding hydrogens is 464 g/mol. The number of pyridine rings is 1. The molecule has 0 radical (unpaired) electrons. The molecule has 33 heavy (non-hydrogen) atoms. The second-order valence-electron chi connectivity index (χ2n) is 7.18. The van der Waals surface area contributed by atoms with E-state index in [9.17, 15) is 13.2 Å². The molecule has 2 aromatic heterocycles. The Morgan fingerprint density at radius 2 is 1.73 bits per heavy atom. The summed E-state index contributed by atoms with van der Waals surface area (Å²) in [5.41, 5.74) is 3.24. The molecular formula is C23H19ClN4O4S. The zero-order chi connectivity index (χ0) is 23.6. The van der Waals surface area contributed by atoms with Gasteiger partial charge in [0.1, 0.15) is 11.4 Å². The average Bonchev–Trinajstić information content (AvgIpc) is 3.25. The van der Waals surface area contributed by atoms with Crippen molar-refractivity contribution in [3.63, 3.8) is 0 Å². The Kier molecular flexibility index (Phi) is 6.17.